The van der Waals surface area contributed by atoms with Gasteiger partial charge in [0.05, 0.1) is 16.2 Å². The number of carboxylic acids is 1. The number of aromatic nitrogens is 1. The summed E-state index contributed by atoms with van der Waals surface area (Å²) in [5.41, 5.74) is -0.169. The fourth-order valence-corrected chi connectivity index (χ4v) is 2.19. The zero-order valence-corrected chi connectivity index (χ0v) is 12.4. The van der Waals surface area contributed by atoms with E-state index < -0.39 is 11.8 Å². The molecular formula is C12H6Br2FNO3. The van der Waals surface area contributed by atoms with Crippen LogP contribution < -0.4 is 4.74 Å². The van der Waals surface area contributed by atoms with E-state index in [1.165, 1.54) is 18.3 Å². The van der Waals surface area contributed by atoms with Crippen molar-refractivity contribution in [3.8, 4) is 11.5 Å². The summed E-state index contributed by atoms with van der Waals surface area (Å²) in [6, 6.07) is 4.13. The van der Waals surface area contributed by atoms with Gasteiger partial charge in [-0.15, -0.1) is 0 Å². The van der Waals surface area contributed by atoms with E-state index in [4.69, 9.17) is 9.84 Å². The summed E-state index contributed by atoms with van der Waals surface area (Å²) >= 11 is 6.11. The quantitative estimate of drug-likeness (QED) is 0.851. The van der Waals surface area contributed by atoms with Crippen molar-refractivity contribution >= 4 is 37.8 Å². The maximum absolute atomic E-state index is 13.9. The molecule has 19 heavy (non-hydrogen) atoms. The van der Waals surface area contributed by atoms with Gasteiger partial charge in [0.15, 0.2) is 11.6 Å². The number of aromatic carboxylic acids is 1. The van der Waals surface area contributed by atoms with Crippen molar-refractivity contribution in [3.63, 3.8) is 0 Å². The molecule has 0 spiro atoms. The Kier molecular flexibility index (Phi) is 4.16. The van der Waals surface area contributed by atoms with Crippen molar-refractivity contribution in [1.82, 2.24) is 4.98 Å². The summed E-state index contributed by atoms with van der Waals surface area (Å²) in [4.78, 5) is 14.7. The summed E-state index contributed by atoms with van der Waals surface area (Å²) in [6.07, 6.45) is 2.98. The van der Waals surface area contributed by atoms with E-state index in [1.807, 2.05) is 0 Å². The van der Waals surface area contributed by atoms with Crippen molar-refractivity contribution in [2.24, 2.45) is 0 Å². The number of nitrogens with zero attached hydrogens (tertiary/aromatic N) is 1. The second kappa shape index (κ2) is 5.66. The van der Waals surface area contributed by atoms with Gasteiger partial charge in [0.1, 0.15) is 5.75 Å². The minimum absolute atomic E-state index is 0.0863. The molecule has 0 radical (unpaired) electrons. The number of pyridine rings is 1. The number of carbonyl (C=O) groups is 1. The Bertz CT molecular complexity index is 649. The zero-order chi connectivity index (χ0) is 14.0. The molecule has 0 fully saturated rings. The van der Waals surface area contributed by atoms with Crippen LogP contribution in [0.4, 0.5) is 4.39 Å². The Labute approximate surface area is 124 Å². The van der Waals surface area contributed by atoms with Crippen molar-refractivity contribution in [2.45, 2.75) is 0 Å². The first-order valence-corrected chi connectivity index (χ1v) is 6.57. The van der Waals surface area contributed by atoms with Crippen molar-refractivity contribution in [2.75, 3.05) is 0 Å². The molecule has 0 amide bonds. The monoisotopic (exact) mass is 389 g/mol. The van der Waals surface area contributed by atoms with Crippen molar-refractivity contribution in [3.05, 3.63) is 50.9 Å². The predicted molar refractivity (Wildman–Crippen MR) is 73.1 cm³/mol. The molecule has 0 saturated carbocycles. The molecule has 1 heterocycles. The molecule has 0 atom stereocenters. The fourth-order valence-electron chi connectivity index (χ4n) is 1.35. The number of ether oxygens (including phenoxy) is 1. The Morgan fingerprint density at radius 3 is 2.68 bits per heavy atom. The minimum atomic E-state index is -1.22. The lowest BCUT2D eigenvalue weighted by Gasteiger charge is -2.09. The zero-order valence-electron chi connectivity index (χ0n) is 9.23. The molecule has 1 aromatic heterocycles. The molecule has 0 unspecified atom stereocenters. The molecule has 1 aromatic carbocycles. The molecule has 1 N–H and O–H groups in total. The van der Waals surface area contributed by atoms with Gasteiger partial charge in [0.25, 0.3) is 0 Å². The van der Waals surface area contributed by atoms with Crippen LogP contribution in [0.25, 0.3) is 0 Å². The van der Waals surface area contributed by atoms with Gasteiger partial charge in [0.2, 0.25) is 0 Å². The first-order valence-electron chi connectivity index (χ1n) is 4.98. The summed E-state index contributed by atoms with van der Waals surface area (Å²) in [5, 5.41) is 8.85. The molecule has 98 valence electrons. The number of rotatable bonds is 3. The number of halogens is 3. The standard InChI is InChI=1S/C12H6Br2FNO3/c13-6-3-7(5-16-4-6)19-9-2-1-8(12(17)18)10(14)11(9)15/h1-5H,(H,17,18). The average Bonchev–Trinajstić information content (AvgIpc) is 2.35. The third kappa shape index (κ3) is 3.10. The summed E-state index contributed by atoms with van der Waals surface area (Å²) in [7, 11) is 0. The van der Waals surface area contributed by atoms with E-state index in [2.05, 4.69) is 36.8 Å². The Hall–Kier alpha value is -1.47. The maximum Gasteiger partial charge on any atom is 0.336 e. The van der Waals surface area contributed by atoms with Gasteiger partial charge in [-0.1, -0.05) is 0 Å². The van der Waals surface area contributed by atoms with Gasteiger partial charge in [-0.05, 0) is 50.1 Å². The van der Waals surface area contributed by atoms with Crippen molar-refractivity contribution in [1.29, 1.82) is 0 Å². The lowest BCUT2D eigenvalue weighted by Crippen LogP contribution is -2.00. The van der Waals surface area contributed by atoms with Crippen LogP contribution in [0.15, 0.2) is 39.5 Å². The average molecular weight is 391 g/mol. The third-order valence-electron chi connectivity index (χ3n) is 2.18. The third-order valence-corrected chi connectivity index (χ3v) is 3.39. The van der Waals surface area contributed by atoms with Crippen molar-refractivity contribution < 1.29 is 19.0 Å². The van der Waals surface area contributed by atoms with Crippen LogP contribution in [0, 0.1) is 5.82 Å². The van der Waals surface area contributed by atoms with Crippen LogP contribution in [0.5, 0.6) is 11.5 Å². The second-order valence-corrected chi connectivity index (χ2v) is 5.19. The van der Waals surface area contributed by atoms with Crippen LogP contribution in [0.3, 0.4) is 0 Å². The van der Waals surface area contributed by atoms with E-state index in [1.54, 1.807) is 12.3 Å². The van der Waals surface area contributed by atoms with Crippen LogP contribution in [0.2, 0.25) is 0 Å². The molecular weight excluding hydrogens is 385 g/mol. The van der Waals surface area contributed by atoms with Crippen LogP contribution >= 0.6 is 31.9 Å². The Morgan fingerprint density at radius 2 is 2.05 bits per heavy atom. The van der Waals surface area contributed by atoms with Gasteiger partial charge >= 0.3 is 5.97 Å². The summed E-state index contributed by atoms with van der Waals surface area (Å²) < 4.78 is 19.8. The number of hydrogen-bond donors (Lipinski definition) is 1. The Morgan fingerprint density at radius 1 is 1.32 bits per heavy atom. The van der Waals surface area contributed by atoms with E-state index in [-0.39, 0.29) is 15.8 Å². The van der Waals surface area contributed by atoms with E-state index in [0.717, 1.165) is 0 Å². The Balaban J connectivity index is 2.37. The smallest absolute Gasteiger partial charge is 0.336 e. The summed E-state index contributed by atoms with van der Waals surface area (Å²) in [6.45, 7) is 0. The van der Waals surface area contributed by atoms with Gasteiger partial charge in [-0.2, -0.15) is 0 Å². The number of benzene rings is 1. The number of carboxylic acid groups (broad SMARTS) is 1. The maximum atomic E-state index is 13.9. The van der Waals surface area contributed by atoms with E-state index in [0.29, 0.717) is 10.2 Å². The normalized spacial score (nSPS) is 10.3. The lowest BCUT2D eigenvalue weighted by molar-refractivity contribution is 0.0695. The fraction of sp³-hybridized carbons (Fsp3) is 0. The predicted octanol–water partition coefficient (Wildman–Crippen LogP) is 4.24. The molecule has 7 heteroatoms. The van der Waals surface area contributed by atoms with Gasteiger partial charge in [-0.3, -0.25) is 4.98 Å². The summed E-state index contributed by atoms with van der Waals surface area (Å²) in [5.74, 6) is -1.75. The van der Waals surface area contributed by atoms with Crippen LogP contribution in [-0.2, 0) is 0 Å². The molecule has 0 saturated heterocycles. The highest BCUT2D eigenvalue weighted by Gasteiger charge is 2.17. The van der Waals surface area contributed by atoms with Gasteiger partial charge in [0, 0.05) is 10.7 Å². The first-order chi connectivity index (χ1) is 8.99. The SMILES string of the molecule is O=C(O)c1ccc(Oc2cncc(Br)c2)c(F)c1Br. The molecule has 0 aliphatic carbocycles. The van der Waals surface area contributed by atoms with Crippen LogP contribution in [0.1, 0.15) is 10.4 Å². The first kappa shape index (κ1) is 14.0. The number of hydrogen-bond acceptors (Lipinski definition) is 3. The molecule has 0 aliphatic heterocycles. The van der Waals surface area contributed by atoms with E-state index in [9.17, 15) is 9.18 Å². The molecule has 4 nitrogen and oxygen atoms in total. The highest BCUT2D eigenvalue weighted by atomic mass is 79.9. The lowest BCUT2D eigenvalue weighted by atomic mass is 10.2. The van der Waals surface area contributed by atoms with E-state index >= 15 is 0 Å². The van der Waals surface area contributed by atoms with Gasteiger partial charge in [-0.25, -0.2) is 9.18 Å². The molecule has 0 aliphatic rings. The topological polar surface area (TPSA) is 59.4 Å². The molecule has 2 rings (SSSR count). The molecule has 2 aromatic rings. The molecule has 0 bridgehead atoms. The second-order valence-electron chi connectivity index (χ2n) is 3.49. The van der Waals surface area contributed by atoms with Crippen LogP contribution in [-0.4, -0.2) is 16.1 Å². The highest BCUT2D eigenvalue weighted by Crippen LogP contribution is 2.32. The largest absolute Gasteiger partial charge is 0.478 e. The highest BCUT2D eigenvalue weighted by molar-refractivity contribution is 9.10. The van der Waals surface area contributed by atoms with Gasteiger partial charge < -0.3 is 9.84 Å². The minimum Gasteiger partial charge on any atom is -0.478 e.